The molecular formula is C12H12N2O15. The fraction of sp³-hybridized carbons (Fsp3) is 0.500. The highest BCUT2D eigenvalue weighted by molar-refractivity contribution is 5.84. The summed E-state index contributed by atoms with van der Waals surface area (Å²) in [5, 5.41) is 27.2. The van der Waals surface area contributed by atoms with E-state index in [0.717, 1.165) is 0 Å². The maximum Gasteiger partial charge on any atom is 0.361 e. The summed E-state index contributed by atoms with van der Waals surface area (Å²) in [5.74, 6) is -8.41. The molecule has 0 saturated carbocycles. The first kappa shape index (κ1) is 21.9. The zero-order valence-corrected chi connectivity index (χ0v) is 14.0. The number of carbonyl (C=O) groups excluding carboxylic acids is 6. The number of carbonyl (C=O) groups is 6. The van der Waals surface area contributed by atoms with Gasteiger partial charge in [0.05, 0.1) is 19.3 Å². The van der Waals surface area contributed by atoms with E-state index in [-0.39, 0.29) is 5.39 Å². The van der Waals surface area contributed by atoms with Crippen molar-refractivity contribution in [1.82, 2.24) is 10.8 Å². The van der Waals surface area contributed by atoms with Crippen molar-refractivity contribution in [1.29, 1.82) is 0 Å². The van der Waals surface area contributed by atoms with Gasteiger partial charge in [-0.1, -0.05) is 0 Å². The Morgan fingerprint density at radius 3 is 1.83 bits per heavy atom. The van der Waals surface area contributed by atoms with Gasteiger partial charge in [-0.25, -0.2) is 28.8 Å². The van der Waals surface area contributed by atoms with Crippen LogP contribution in [0.5, 0.6) is 0 Å². The highest BCUT2D eigenvalue weighted by Gasteiger charge is 2.37. The molecule has 0 aromatic rings. The van der Waals surface area contributed by atoms with Crippen molar-refractivity contribution in [2.75, 3.05) is 0 Å². The molecule has 2 aliphatic rings. The van der Waals surface area contributed by atoms with Crippen molar-refractivity contribution in [3.63, 3.8) is 0 Å². The lowest BCUT2D eigenvalue weighted by molar-refractivity contribution is -0.465. The minimum Gasteiger partial charge on any atom is -0.381 e. The molecule has 0 radical (unpaired) electrons. The van der Waals surface area contributed by atoms with Crippen molar-refractivity contribution in [2.45, 2.75) is 37.6 Å². The molecule has 0 amide bonds. The van der Waals surface area contributed by atoms with E-state index in [0.29, 0.717) is 0 Å². The van der Waals surface area contributed by atoms with Gasteiger partial charge >= 0.3 is 35.8 Å². The lowest BCUT2D eigenvalue weighted by Gasteiger charge is -2.17. The summed E-state index contributed by atoms with van der Waals surface area (Å²) in [6.07, 6.45) is -8.82. The molecule has 2 saturated heterocycles. The second-order valence-corrected chi connectivity index (χ2v) is 5.23. The lowest BCUT2D eigenvalue weighted by Crippen LogP contribution is -2.37. The van der Waals surface area contributed by atoms with E-state index in [9.17, 15) is 44.1 Å². The molecule has 0 aromatic carbocycles. The van der Waals surface area contributed by atoms with Crippen LogP contribution in [0, 0.1) is 0 Å². The van der Waals surface area contributed by atoms with E-state index in [4.69, 9.17) is 0 Å². The van der Waals surface area contributed by atoms with Crippen LogP contribution < -0.4 is 0 Å². The second kappa shape index (κ2) is 9.21. The van der Waals surface area contributed by atoms with Crippen LogP contribution in [-0.2, 0) is 57.8 Å². The first-order valence-electron chi connectivity index (χ1n) is 7.47. The van der Waals surface area contributed by atoms with Gasteiger partial charge in [0.15, 0.2) is 18.3 Å². The standard InChI is InChI=1S/C12H12N2O15/c15-4-1-7(18)24-13(27-10(4)21)25-8(19)2-5(16)11(22)28-14-26-9(20)3-6(17)12(23)29-14/h4-6,15-17H,1-3H2. The lowest BCUT2D eigenvalue weighted by atomic mass is 10.3. The molecule has 0 aliphatic carbocycles. The van der Waals surface area contributed by atoms with Crippen LogP contribution in [0.2, 0.25) is 0 Å². The topological polar surface area (TPSA) is 225 Å². The van der Waals surface area contributed by atoms with Crippen molar-refractivity contribution >= 4 is 35.8 Å². The monoisotopic (exact) mass is 424 g/mol. The van der Waals surface area contributed by atoms with Crippen LogP contribution in [0.4, 0.5) is 0 Å². The van der Waals surface area contributed by atoms with Gasteiger partial charge < -0.3 is 29.8 Å². The van der Waals surface area contributed by atoms with Crippen molar-refractivity contribution in [3.8, 4) is 0 Å². The first-order chi connectivity index (χ1) is 13.5. The summed E-state index contributed by atoms with van der Waals surface area (Å²) in [6, 6.07) is 0. The maximum absolute atomic E-state index is 11.7. The van der Waals surface area contributed by atoms with Gasteiger partial charge in [-0.15, -0.1) is 0 Å². The molecule has 0 aromatic heterocycles. The smallest absolute Gasteiger partial charge is 0.361 e. The molecule has 3 unspecified atom stereocenters. The maximum atomic E-state index is 11.7. The molecule has 2 fully saturated rings. The van der Waals surface area contributed by atoms with E-state index < -0.39 is 78.8 Å². The SMILES string of the molecule is O=C1CC(O)C(=O)ON(OC(=O)CC(O)C(=O)ON2OC(=O)CC(O)C(=O)O2)O1. The summed E-state index contributed by atoms with van der Waals surface area (Å²) >= 11 is 0. The average Bonchev–Trinajstić information content (AvgIpc) is 2.79. The number of aliphatic hydroxyl groups is 3. The Labute approximate surface area is 158 Å². The van der Waals surface area contributed by atoms with Crippen LogP contribution in [0.1, 0.15) is 19.3 Å². The third-order valence-electron chi connectivity index (χ3n) is 2.92. The van der Waals surface area contributed by atoms with Gasteiger partial charge in [0, 0.05) is 0 Å². The van der Waals surface area contributed by atoms with Gasteiger partial charge in [-0.3, -0.25) is 14.5 Å². The Kier molecular flexibility index (Phi) is 6.96. The normalized spacial score (nSPS) is 24.8. The summed E-state index contributed by atoms with van der Waals surface area (Å²) in [7, 11) is 0. The van der Waals surface area contributed by atoms with E-state index >= 15 is 0 Å². The zero-order chi connectivity index (χ0) is 21.7. The van der Waals surface area contributed by atoms with Crippen LogP contribution >= 0.6 is 0 Å². The van der Waals surface area contributed by atoms with Crippen molar-refractivity contribution in [2.24, 2.45) is 0 Å². The molecule has 2 aliphatic heterocycles. The summed E-state index contributed by atoms with van der Waals surface area (Å²) in [5.41, 5.74) is 0. The summed E-state index contributed by atoms with van der Waals surface area (Å²) in [6.45, 7) is 0. The Balaban J connectivity index is 1.86. The number of aliphatic hydroxyl groups excluding tert-OH is 3. The molecule has 3 atom stereocenters. The fourth-order valence-electron chi connectivity index (χ4n) is 1.60. The van der Waals surface area contributed by atoms with Gasteiger partial charge in [0.2, 0.25) is 10.8 Å². The number of hydrogen-bond acceptors (Lipinski definition) is 17. The van der Waals surface area contributed by atoms with Gasteiger partial charge in [0.25, 0.3) is 0 Å². The molecule has 29 heavy (non-hydrogen) atoms. The molecule has 3 N–H and O–H groups in total. The Morgan fingerprint density at radius 1 is 0.897 bits per heavy atom. The Morgan fingerprint density at radius 2 is 1.34 bits per heavy atom. The van der Waals surface area contributed by atoms with Crippen LogP contribution in [0.3, 0.4) is 0 Å². The van der Waals surface area contributed by atoms with Gasteiger partial charge in [-0.05, 0) is 0 Å². The third kappa shape index (κ3) is 6.33. The van der Waals surface area contributed by atoms with Crippen LogP contribution in [0.15, 0.2) is 0 Å². The minimum absolute atomic E-state index is 0.346. The summed E-state index contributed by atoms with van der Waals surface area (Å²) < 4.78 is 0. The molecule has 0 spiro atoms. The van der Waals surface area contributed by atoms with Crippen LogP contribution in [-0.4, -0.2) is 80.2 Å². The highest BCUT2D eigenvalue weighted by Crippen LogP contribution is 2.12. The Bertz CT molecular complexity index is 722. The van der Waals surface area contributed by atoms with Gasteiger partial charge in [-0.2, -0.15) is 0 Å². The van der Waals surface area contributed by atoms with E-state index in [2.05, 4.69) is 29.0 Å². The van der Waals surface area contributed by atoms with Crippen molar-refractivity contribution in [3.05, 3.63) is 0 Å². The predicted molar refractivity (Wildman–Crippen MR) is 72.1 cm³/mol. The average molecular weight is 424 g/mol. The fourth-order valence-corrected chi connectivity index (χ4v) is 1.60. The Hall–Kier alpha value is -3.38. The number of rotatable bonds is 5. The molecule has 2 rings (SSSR count). The first-order valence-corrected chi connectivity index (χ1v) is 7.47. The van der Waals surface area contributed by atoms with Crippen molar-refractivity contribution < 1.29 is 73.1 Å². The van der Waals surface area contributed by atoms with Gasteiger partial charge in [0.1, 0.15) is 0 Å². The zero-order valence-electron chi connectivity index (χ0n) is 14.0. The minimum atomic E-state index is -2.29. The highest BCUT2D eigenvalue weighted by atomic mass is 17.2. The number of nitrogens with zero attached hydrogens (tertiary/aromatic N) is 2. The molecular weight excluding hydrogens is 412 g/mol. The van der Waals surface area contributed by atoms with E-state index in [1.807, 2.05) is 0 Å². The largest absolute Gasteiger partial charge is 0.381 e. The molecule has 2 heterocycles. The molecule has 17 nitrogen and oxygen atoms in total. The molecule has 0 bridgehead atoms. The van der Waals surface area contributed by atoms with Crippen LogP contribution in [0.25, 0.3) is 0 Å². The molecule has 17 heteroatoms. The predicted octanol–water partition coefficient (Wildman–Crippen LogP) is -4.38. The summed E-state index contributed by atoms with van der Waals surface area (Å²) in [4.78, 5) is 93.5. The van der Waals surface area contributed by atoms with E-state index in [1.165, 1.54) is 0 Å². The second-order valence-electron chi connectivity index (χ2n) is 5.23. The quantitative estimate of drug-likeness (QED) is 0.378. The third-order valence-corrected chi connectivity index (χ3v) is 2.92. The molecule has 160 valence electrons. The number of hydrogen-bond donors (Lipinski definition) is 3. The van der Waals surface area contributed by atoms with E-state index in [1.54, 1.807) is 0 Å².